The van der Waals surface area contributed by atoms with E-state index in [0.717, 1.165) is 4.57 Å². The number of pyridine rings is 1. The molecular formula is C25H22N2O8. The van der Waals surface area contributed by atoms with Crippen molar-refractivity contribution in [3.8, 4) is 40.7 Å². The Morgan fingerprint density at radius 3 is 2.34 bits per heavy atom. The first-order valence-electron chi connectivity index (χ1n) is 10.4. The first-order valence-corrected chi connectivity index (χ1v) is 10.4. The largest absolute Gasteiger partial charge is 0.494 e. The van der Waals surface area contributed by atoms with E-state index in [1.807, 2.05) is 6.07 Å². The van der Waals surface area contributed by atoms with Crippen molar-refractivity contribution < 1.29 is 33.6 Å². The molecule has 10 nitrogen and oxygen atoms in total. The summed E-state index contributed by atoms with van der Waals surface area (Å²) in [6.07, 6.45) is 0. The molecule has 2 aromatic carbocycles. The lowest BCUT2D eigenvalue weighted by Crippen LogP contribution is -2.27. The minimum Gasteiger partial charge on any atom is -0.494 e. The van der Waals surface area contributed by atoms with E-state index in [1.165, 1.54) is 40.4 Å². The zero-order valence-electron chi connectivity index (χ0n) is 19.5. The summed E-state index contributed by atoms with van der Waals surface area (Å²) in [6.45, 7) is 1.42. The number of fused-ring (bicyclic) bond motifs is 1. The molecule has 1 aliphatic heterocycles. The maximum atomic E-state index is 13.6. The predicted molar refractivity (Wildman–Crippen MR) is 123 cm³/mol. The Morgan fingerprint density at radius 2 is 1.74 bits per heavy atom. The van der Waals surface area contributed by atoms with Crippen LogP contribution in [0.4, 0.5) is 0 Å². The number of carbonyl (C=O) groups excluding carboxylic acids is 1. The molecule has 1 aromatic heterocycles. The van der Waals surface area contributed by atoms with Gasteiger partial charge in [0.15, 0.2) is 28.8 Å². The van der Waals surface area contributed by atoms with Gasteiger partial charge >= 0.3 is 0 Å². The molecule has 1 aliphatic rings. The molecule has 180 valence electrons. The Morgan fingerprint density at radius 1 is 1.09 bits per heavy atom. The number of hydrogen-bond acceptors (Lipinski definition) is 9. The highest BCUT2D eigenvalue weighted by molar-refractivity contribution is 6.12. The van der Waals surface area contributed by atoms with Gasteiger partial charge in [-0.1, -0.05) is 6.07 Å². The lowest BCUT2D eigenvalue weighted by atomic mass is 9.96. The summed E-state index contributed by atoms with van der Waals surface area (Å²) >= 11 is 0. The molecule has 0 unspecified atom stereocenters. The van der Waals surface area contributed by atoms with Gasteiger partial charge in [0.05, 0.1) is 33.4 Å². The van der Waals surface area contributed by atoms with Gasteiger partial charge in [-0.3, -0.25) is 14.2 Å². The molecule has 0 aliphatic carbocycles. The monoisotopic (exact) mass is 478 g/mol. The minimum absolute atomic E-state index is 0.0655. The molecule has 0 atom stereocenters. The molecule has 0 saturated heterocycles. The van der Waals surface area contributed by atoms with E-state index >= 15 is 0 Å². The summed E-state index contributed by atoms with van der Waals surface area (Å²) in [4.78, 5) is 26.6. The average molecular weight is 478 g/mol. The van der Waals surface area contributed by atoms with Crippen LogP contribution >= 0.6 is 0 Å². The van der Waals surface area contributed by atoms with Crippen LogP contribution < -0.4 is 29.2 Å². The molecule has 0 amide bonds. The maximum Gasteiger partial charge on any atom is 0.271 e. The summed E-state index contributed by atoms with van der Waals surface area (Å²) in [5.74, 6) is 0.626. The SMILES string of the molecule is COc1cc(C(=O)c2c(C)c(C#N)c(=O)n(Cc3ccc4c(c3)OCO4)c2O)cc(OC)c1OC. The average Bonchev–Trinajstić information content (AvgIpc) is 3.33. The molecule has 0 radical (unpaired) electrons. The van der Waals surface area contributed by atoms with Gasteiger partial charge in [0.1, 0.15) is 11.6 Å². The van der Waals surface area contributed by atoms with Crippen molar-refractivity contribution in [3.05, 3.63) is 68.5 Å². The van der Waals surface area contributed by atoms with Gasteiger partial charge in [0.25, 0.3) is 5.56 Å². The first kappa shape index (κ1) is 23.5. The molecule has 0 saturated carbocycles. The second-order valence-electron chi connectivity index (χ2n) is 7.63. The Labute approximate surface area is 200 Å². The number of benzene rings is 2. The van der Waals surface area contributed by atoms with Crippen LogP contribution in [-0.2, 0) is 6.54 Å². The Kier molecular flexibility index (Phi) is 6.25. The third-order valence-corrected chi connectivity index (χ3v) is 5.73. The quantitative estimate of drug-likeness (QED) is 0.510. The number of hydrogen-bond donors (Lipinski definition) is 1. The van der Waals surface area contributed by atoms with Crippen LogP contribution in [0.25, 0.3) is 0 Å². The number of methoxy groups -OCH3 is 3. The number of carbonyl (C=O) groups is 1. The van der Waals surface area contributed by atoms with Gasteiger partial charge in [0.2, 0.25) is 18.4 Å². The van der Waals surface area contributed by atoms with E-state index in [9.17, 15) is 20.0 Å². The highest BCUT2D eigenvalue weighted by atomic mass is 16.7. The smallest absolute Gasteiger partial charge is 0.271 e. The maximum absolute atomic E-state index is 13.6. The predicted octanol–water partition coefficient (Wildman–Crippen LogP) is 2.77. The van der Waals surface area contributed by atoms with E-state index in [1.54, 1.807) is 18.2 Å². The Bertz CT molecular complexity index is 1410. The summed E-state index contributed by atoms with van der Waals surface area (Å²) in [5.41, 5.74) is -0.381. The van der Waals surface area contributed by atoms with Crippen LogP contribution in [0, 0.1) is 18.3 Å². The van der Waals surface area contributed by atoms with E-state index in [0.29, 0.717) is 17.1 Å². The number of ketones is 1. The van der Waals surface area contributed by atoms with Crippen molar-refractivity contribution in [1.29, 1.82) is 5.26 Å². The lowest BCUT2D eigenvalue weighted by Gasteiger charge is -2.17. The third-order valence-electron chi connectivity index (χ3n) is 5.73. The highest BCUT2D eigenvalue weighted by Gasteiger charge is 2.27. The molecular weight excluding hydrogens is 456 g/mol. The highest BCUT2D eigenvalue weighted by Crippen LogP contribution is 2.39. The summed E-state index contributed by atoms with van der Waals surface area (Å²) in [7, 11) is 4.25. The molecule has 0 spiro atoms. The van der Waals surface area contributed by atoms with Crippen molar-refractivity contribution in [2.45, 2.75) is 13.5 Å². The van der Waals surface area contributed by atoms with Crippen LogP contribution in [0.1, 0.15) is 32.6 Å². The van der Waals surface area contributed by atoms with Crippen LogP contribution in [0.2, 0.25) is 0 Å². The standard InChI is InChI=1S/C25H22N2O8/c1-13-16(10-26)24(29)27(11-14-5-6-17-18(7-14)35-12-34-17)25(30)21(13)22(28)15-8-19(31-2)23(33-4)20(9-15)32-3/h5-9,30H,11-12H2,1-4H3. The van der Waals surface area contributed by atoms with Crippen molar-refractivity contribution in [1.82, 2.24) is 4.57 Å². The zero-order valence-corrected chi connectivity index (χ0v) is 19.5. The molecule has 4 rings (SSSR count). The third kappa shape index (κ3) is 3.97. The van der Waals surface area contributed by atoms with Crippen molar-refractivity contribution >= 4 is 5.78 Å². The minimum atomic E-state index is -0.721. The van der Waals surface area contributed by atoms with Crippen molar-refractivity contribution in [2.24, 2.45) is 0 Å². The number of ether oxygens (including phenoxy) is 5. The van der Waals surface area contributed by atoms with Gasteiger partial charge in [-0.25, -0.2) is 0 Å². The fourth-order valence-corrected chi connectivity index (χ4v) is 3.95. The van der Waals surface area contributed by atoms with Gasteiger partial charge in [0, 0.05) is 5.56 Å². The number of nitriles is 1. The Hall–Kier alpha value is -4.65. The fourth-order valence-electron chi connectivity index (χ4n) is 3.95. The molecule has 0 bridgehead atoms. The molecule has 0 fully saturated rings. The summed E-state index contributed by atoms with van der Waals surface area (Å²) < 4.78 is 27.6. The second-order valence-corrected chi connectivity index (χ2v) is 7.63. The lowest BCUT2D eigenvalue weighted by molar-refractivity contribution is 0.103. The van der Waals surface area contributed by atoms with E-state index in [4.69, 9.17) is 23.7 Å². The number of rotatable bonds is 7. The molecule has 35 heavy (non-hydrogen) atoms. The number of aromatic nitrogens is 1. The normalized spacial score (nSPS) is 11.6. The summed E-state index contributed by atoms with van der Waals surface area (Å²) in [5, 5.41) is 20.8. The van der Waals surface area contributed by atoms with Crippen LogP contribution in [-0.4, -0.2) is 43.6 Å². The topological polar surface area (TPSA) is 129 Å². The number of aromatic hydroxyl groups is 1. The van der Waals surface area contributed by atoms with Gasteiger partial charge in [-0.15, -0.1) is 0 Å². The van der Waals surface area contributed by atoms with Crippen LogP contribution in [0.15, 0.2) is 35.1 Å². The van der Waals surface area contributed by atoms with Gasteiger partial charge < -0.3 is 28.8 Å². The molecule has 3 aromatic rings. The Balaban J connectivity index is 1.86. The molecule has 1 N–H and O–H groups in total. The zero-order chi connectivity index (χ0) is 25.3. The van der Waals surface area contributed by atoms with Crippen molar-refractivity contribution in [2.75, 3.05) is 28.1 Å². The molecule has 2 heterocycles. The van der Waals surface area contributed by atoms with E-state index < -0.39 is 17.2 Å². The van der Waals surface area contributed by atoms with Crippen molar-refractivity contribution in [3.63, 3.8) is 0 Å². The number of nitrogens with zero attached hydrogens (tertiary/aromatic N) is 2. The second kappa shape index (κ2) is 9.30. The van der Waals surface area contributed by atoms with Gasteiger partial charge in [-0.05, 0) is 42.3 Å². The first-order chi connectivity index (χ1) is 16.8. The molecule has 10 heteroatoms. The van der Waals surface area contributed by atoms with Crippen LogP contribution in [0.3, 0.4) is 0 Å². The van der Waals surface area contributed by atoms with E-state index in [2.05, 4.69) is 0 Å². The fraction of sp³-hybridized carbons (Fsp3) is 0.240. The van der Waals surface area contributed by atoms with Gasteiger partial charge in [-0.2, -0.15) is 5.26 Å². The van der Waals surface area contributed by atoms with Crippen LogP contribution in [0.5, 0.6) is 34.6 Å². The summed E-state index contributed by atoms with van der Waals surface area (Å²) in [6, 6.07) is 9.77. The van der Waals surface area contributed by atoms with E-state index in [-0.39, 0.29) is 52.8 Å².